The number of hydrogen-bond acceptors (Lipinski definition) is 5. The van der Waals surface area contributed by atoms with Crippen LogP contribution in [0, 0.1) is 0 Å². The minimum absolute atomic E-state index is 0.111. The van der Waals surface area contributed by atoms with Gasteiger partial charge in [-0.2, -0.15) is 0 Å². The molecule has 0 radical (unpaired) electrons. The quantitative estimate of drug-likeness (QED) is 0.837. The van der Waals surface area contributed by atoms with Gasteiger partial charge in [0.2, 0.25) is 0 Å². The van der Waals surface area contributed by atoms with E-state index in [0.717, 1.165) is 4.57 Å². The second kappa shape index (κ2) is 4.41. The average molecular weight is 270 g/mol. The summed E-state index contributed by atoms with van der Waals surface area (Å²) >= 11 is 5.93. The lowest BCUT2D eigenvalue weighted by molar-refractivity contribution is 0.703. The minimum atomic E-state index is -0.452. The lowest BCUT2D eigenvalue weighted by Crippen LogP contribution is -2.37. The van der Waals surface area contributed by atoms with Gasteiger partial charge in [0.25, 0.3) is 5.56 Å². The summed E-state index contributed by atoms with van der Waals surface area (Å²) in [5.74, 6) is 0. The molecule has 0 aliphatic carbocycles. The number of aromatic nitrogens is 4. The third-order valence-corrected chi connectivity index (χ3v) is 2.94. The van der Waals surface area contributed by atoms with E-state index in [4.69, 9.17) is 11.6 Å². The van der Waals surface area contributed by atoms with Crippen LogP contribution in [0.15, 0.2) is 9.59 Å². The topological polar surface area (TPSA) is 81.8 Å². The molecule has 2 heterocycles. The van der Waals surface area contributed by atoms with Crippen LogP contribution in [0.4, 0.5) is 5.69 Å². The number of anilines is 1. The zero-order chi connectivity index (χ0) is 13.4. The molecule has 0 unspecified atom stereocenters. The molecule has 2 rings (SSSR count). The molecule has 18 heavy (non-hydrogen) atoms. The van der Waals surface area contributed by atoms with Crippen molar-refractivity contribution < 1.29 is 0 Å². The number of rotatable bonds is 2. The van der Waals surface area contributed by atoms with E-state index in [0.29, 0.717) is 12.2 Å². The van der Waals surface area contributed by atoms with Gasteiger partial charge in [-0.25, -0.2) is 4.79 Å². The molecule has 7 nitrogen and oxygen atoms in total. The third-order valence-electron chi connectivity index (χ3n) is 2.68. The highest BCUT2D eigenvalue weighted by Crippen LogP contribution is 2.23. The fraction of sp³-hybridized carbons (Fsp3) is 0.400. The highest BCUT2D eigenvalue weighted by atomic mass is 35.5. The van der Waals surface area contributed by atoms with Gasteiger partial charge < -0.3 is 5.32 Å². The maximum atomic E-state index is 12.1. The van der Waals surface area contributed by atoms with Gasteiger partial charge in [-0.15, -0.1) is 10.2 Å². The van der Waals surface area contributed by atoms with Crippen molar-refractivity contribution in [2.45, 2.75) is 6.92 Å². The highest BCUT2D eigenvalue weighted by Gasteiger charge is 2.16. The fourth-order valence-electron chi connectivity index (χ4n) is 1.75. The summed E-state index contributed by atoms with van der Waals surface area (Å²) in [6.07, 6.45) is 0. The Kier molecular flexibility index (Phi) is 3.08. The summed E-state index contributed by atoms with van der Waals surface area (Å²) in [6.45, 7) is 2.45. The first-order valence-electron chi connectivity index (χ1n) is 5.34. The Labute approximate surface area is 107 Å². The van der Waals surface area contributed by atoms with Crippen LogP contribution >= 0.6 is 11.6 Å². The Morgan fingerprint density at radius 3 is 2.50 bits per heavy atom. The van der Waals surface area contributed by atoms with Crippen molar-refractivity contribution in [2.75, 3.05) is 11.9 Å². The Morgan fingerprint density at radius 2 is 1.89 bits per heavy atom. The molecule has 0 saturated carbocycles. The van der Waals surface area contributed by atoms with E-state index in [1.54, 1.807) is 0 Å². The SMILES string of the molecule is CCNc1c(Cl)nnc2c1c(=O)n(C)c(=O)n2C. The summed E-state index contributed by atoms with van der Waals surface area (Å²) in [4.78, 5) is 23.9. The lowest BCUT2D eigenvalue weighted by Gasteiger charge is -2.11. The second-order valence-electron chi connectivity index (χ2n) is 3.80. The number of nitrogens with one attached hydrogen (secondary N) is 1. The average Bonchev–Trinajstić information content (AvgIpc) is 2.36. The van der Waals surface area contributed by atoms with E-state index in [1.807, 2.05) is 6.92 Å². The molecule has 0 aliphatic rings. The molecule has 0 saturated heterocycles. The van der Waals surface area contributed by atoms with Crippen LogP contribution in [0.25, 0.3) is 11.0 Å². The smallest absolute Gasteiger partial charge is 0.332 e. The first kappa shape index (κ1) is 12.6. The van der Waals surface area contributed by atoms with E-state index >= 15 is 0 Å². The Bertz CT molecular complexity index is 734. The van der Waals surface area contributed by atoms with Crippen molar-refractivity contribution in [3.63, 3.8) is 0 Å². The standard InChI is InChI=1S/C10H12ClN5O2/c1-4-12-6-5-8(14-13-7(6)11)15(2)10(18)16(3)9(5)17/h4H2,1-3H3,(H,12,14). The van der Waals surface area contributed by atoms with E-state index in [-0.39, 0.29) is 16.2 Å². The van der Waals surface area contributed by atoms with Crippen molar-refractivity contribution in [3.05, 3.63) is 26.0 Å². The van der Waals surface area contributed by atoms with Gasteiger partial charge in [0.1, 0.15) is 5.39 Å². The number of nitrogens with zero attached hydrogens (tertiary/aromatic N) is 4. The zero-order valence-electron chi connectivity index (χ0n) is 10.2. The van der Waals surface area contributed by atoms with Gasteiger partial charge >= 0.3 is 5.69 Å². The molecule has 0 aliphatic heterocycles. The maximum absolute atomic E-state index is 12.1. The molecule has 0 amide bonds. The van der Waals surface area contributed by atoms with Crippen LogP contribution in [0.3, 0.4) is 0 Å². The molecule has 0 fully saturated rings. The minimum Gasteiger partial charge on any atom is -0.382 e. The summed E-state index contributed by atoms with van der Waals surface area (Å²) in [7, 11) is 2.94. The number of halogens is 1. The molecule has 0 atom stereocenters. The number of fused-ring (bicyclic) bond motifs is 1. The second-order valence-corrected chi connectivity index (χ2v) is 4.16. The normalized spacial score (nSPS) is 10.9. The Morgan fingerprint density at radius 1 is 1.22 bits per heavy atom. The molecule has 0 aromatic carbocycles. The first-order valence-corrected chi connectivity index (χ1v) is 5.72. The molecule has 96 valence electrons. The van der Waals surface area contributed by atoms with Gasteiger partial charge in [-0.1, -0.05) is 11.6 Å². The number of hydrogen-bond donors (Lipinski definition) is 1. The molecular formula is C10H12ClN5O2. The van der Waals surface area contributed by atoms with Crippen LogP contribution in [0.5, 0.6) is 0 Å². The van der Waals surface area contributed by atoms with E-state index in [1.165, 1.54) is 18.7 Å². The lowest BCUT2D eigenvalue weighted by atomic mass is 10.3. The predicted octanol–water partition coefficient (Wildman–Crippen LogP) is 0.112. The zero-order valence-corrected chi connectivity index (χ0v) is 10.9. The monoisotopic (exact) mass is 269 g/mol. The molecular weight excluding hydrogens is 258 g/mol. The predicted molar refractivity (Wildman–Crippen MR) is 69.2 cm³/mol. The molecule has 2 aromatic heterocycles. The van der Waals surface area contributed by atoms with Crippen molar-refractivity contribution in [1.82, 2.24) is 19.3 Å². The summed E-state index contributed by atoms with van der Waals surface area (Å²) in [6, 6.07) is 0. The van der Waals surface area contributed by atoms with Gasteiger partial charge in [0.05, 0.1) is 5.69 Å². The molecule has 2 aromatic rings. The van der Waals surface area contributed by atoms with Crippen LogP contribution < -0.4 is 16.6 Å². The summed E-state index contributed by atoms with van der Waals surface area (Å²) < 4.78 is 2.28. The molecule has 1 N–H and O–H groups in total. The van der Waals surface area contributed by atoms with Gasteiger partial charge in [-0.3, -0.25) is 13.9 Å². The number of aryl methyl sites for hydroxylation is 1. The van der Waals surface area contributed by atoms with E-state index in [9.17, 15) is 9.59 Å². The van der Waals surface area contributed by atoms with Gasteiger partial charge in [0.15, 0.2) is 10.8 Å². The van der Waals surface area contributed by atoms with Gasteiger partial charge in [-0.05, 0) is 6.92 Å². The molecule has 0 bridgehead atoms. The largest absolute Gasteiger partial charge is 0.382 e. The molecule has 8 heteroatoms. The van der Waals surface area contributed by atoms with E-state index < -0.39 is 11.2 Å². The van der Waals surface area contributed by atoms with Crippen LogP contribution in [0.2, 0.25) is 5.15 Å². The Hall–Kier alpha value is -1.89. The van der Waals surface area contributed by atoms with Crippen LogP contribution in [-0.4, -0.2) is 25.9 Å². The first-order chi connectivity index (χ1) is 8.49. The molecule has 0 spiro atoms. The summed E-state index contributed by atoms with van der Waals surface area (Å²) in [5, 5.41) is 10.9. The van der Waals surface area contributed by atoms with E-state index in [2.05, 4.69) is 15.5 Å². The third kappa shape index (κ3) is 1.67. The van der Waals surface area contributed by atoms with Crippen LogP contribution in [-0.2, 0) is 14.1 Å². The fourth-order valence-corrected chi connectivity index (χ4v) is 1.95. The van der Waals surface area contributed by atoms with Gasteiger partial charge in [0, 0.05) is 20.6 Å². The van der Waals surface area contributed by atoms with Crippen molar-refractivity contribution >= 4 is 28.3 Å². The maximum Gasteiger partial charge on any atom is 0.332 e. The van der Waals surface area contributed by atoms with Crippen molar-refractivity contribution in [1.29, 1.82) is 0 Å². The Balaban J connectivity index is 3.07. The van der Waals surface area contributed by atoms with Crippen molar-refractivity contribution in [2.24, 2.45) is 14.1 Å². The van der Waals surface area contributed by atoms with Crippen LogP contribution in [0.1, 0.15) is 6.92 Å². The van der Waals surface area contributed by atoms with Crippen molar-refractivity contribution in [3.8, 4) is 0 Å². The highest BCUT2D eigenvalue weighted by molar-refractivity contribution is 6.33. The summed E-state index contributed by atoms with van der Waals surface area (Å²) in [5.41, 5.74) is -0.281.